The van der Waals surface area contributed by atoms with Gasteiger partial charge < -0.3 is 15.0 Å². The minimum absolute atomic E-state index is 0. The van der Waals surface area contributed by atoms with Gasteiger partial charge in [0.15, 0.2) is 5.96 Å². The van der Waals surface area contributed by atoms with Gasteiger partial charge in [0.05, 0.1) is 13.2 Å². The maximum Gasteiger partial charge on any atom is 0.193 e. The second-order valence-corrected chi connectivity index (χ2v) is 8.99. The monoisotopic (exact) mass is 525 g/mol. The van der Waals surface area contributed by atoms with Gasteiger partial charge in [0.2, 0.25) is 0 Å². The predicted molar refractivity (Wildman–Crippen MR) is 126 cm³/mol. The molecule has 2 aliphatic rings. The Kier molecular flexibility index (Phi) is 11.3. The van der Waals surface area contributed by atoms with Crippen LogP contribution < -0.4 is 5.32 Å². The predicted octanol–water partition coefficient (Wildman–Crippen LogP) is 2.86. The number of thioether (sulfide) groups is 1. The van der Waals surface area contributed by atoms with Crippen LogP contribution in [0.5, 0.6) is 0 Å². The molecule has 1 N–H and O–H groups in total. The number of likely N-dealkylation sites (tertiary alicyclic amines) is 1. The number of hydrogen-bond acceptors (Lipinski definition) is 6. The van der Waals surface area contributed by atoms with Crippen LogP contribution in [0.1, 0.15) is 19.8 Å². The molecule has 0 radical (unpaired) electrons. The summed E-state index contributed by atoms with van der Waals surface area (Å²) in [5.74, 6) is 2.92. The molecule has 1 atom stereocenters. The number of aromatic nitrogens is 1. The van der Waals surface area contributed by atoms with E-state index >= 15 is 0 Å². The summed E-state index contributed by atoms with van der Waals surface area (Å²) in [5.41, 5.74) is 0. The highest BCUT2D eigenvalue weighted by atomic mass is 127. The quantitative estimate of drug-likeness (QED) is 0.185. The van der Waals surface area contributed by atoms with Crippen molar-refractivity contribution in [1.29, 1.82) is 0 Å². The summed E-state index contributed by atoms with van der Waals surface area (Å²) in [4.78, 5) is 14.2. The standard InChI is InChI=1S/C18H31N5OS2.HI/c1-2-19-17(20-5-3-12-25-18-21-6-13-26-18)23-7-4-16(15-23)14-22-8-10-24-11-9-22;/h6,13,16H,2-5,7-12,14-15H2,1H3,(H,19,20);1H. The molecule has 27 heavy (non-hydrogen) atoms. The molecular weight excluding hydrogens is 493 g/mol. The molecule has 9 heteroatoms. The van der Waals surface area contributed by atoms with E-state index in [0.717, 1.165) is 80.9 Å². The van der Waals surface area contributed by atoms with Crippen LogP contribution in [0.15, 0.2) is 20.9 Å². The summed E-state index contributed by atoms with van der Waals surface area (Å²) in [5, 5.41) is 5.51. The van der Waals surface area contributed by atoms with Crippen molar-refractivity contribution >= 4 is 53.0 Å². The zero-order valence-electron chi connectivity index (χ0n) is 16.1. The smallest absolute Gasteiger partial charge is 0.193 e. The van der Waals surface area contributed by atoms with E-state index in [9.17, 15) is 0 Å². The summed E-state index contributed by atoms with van der Waals surface area (Å²) in [7, 11) is 0. The molecule has 154 valence electrons. The number of rotatable bonds is 8. The molecule has 1 unspecified atom stereocenters. The molecule has 2 fully saturated rings. The number of thiazole rings is 1. The van der Waals surface area contributed by atoms with Gasteiger partial charge in [0.1, 0.15) is 4.34 Å². The Morgan fingerprint density at radius 1 is 1.41 bits per heavy atom. The molecule has 0 saturated carbocycles. The van der Waals surface area contributed by atoms with Crippen molar-refractivity contribution in [3.63, 3.8) is 0 Å². The van der Waals surface area contributed by atoms with Gasteiger partial charge in [-0.15, -0.1) is 35.3 Å². The number of hydrogen-bond donors (Lipinski definition) is 1. The van der Waals surface area contributed by atoms with Crippen molar-refractivity contribution in [1.82, 2.24) is 20.1 Å². The fourth-order valence-corrected chi connectivity index (χ4v) is 5.07. The van der Waals surface area contributed by atoms with Crippen LogP contribution in [-0.4, -0.2) is 85.5 Å². The minimum Gasteiger partial charge on any atom is -0.379 e. The second kappa shape index (κ2) is 13.2. The molecule has 0 amide bonds. The average molecular weight is 526 g/mol. The highest BCUT2D eigenvalue weighted by Gasteiger charge is 2.26. The molecule has 2 aliphatic heterocycles. The van der Waals surface area contributed by atoms with Crippen LogP contribution in [0.2, 0.25) is 0 Å². The maximum absolute atomic E-state index is 5.46. The fourth-order valence-electron chi connectivity index (χ4n) is 3.44. The lowest BCUT2D eigenvalue weighted by molar-refractivity contribution is 0.0315. The summed E-state index contributed by atoms with van der Waals surface area (Å²) in [6.07, 6.45) is 4.22. The number of nitrogens with one attached hydrogen (secondary N) is 1. The molecule has 0 aliphatic carbocycles. The van der Waals surface area contributed by atoms with Gasteiger partial charge in [-0.2, -0.15) is 0 Å². The van der Waals surface area contributed by atoms with Crippen molar-refractivity contribution in [2.75, 3.05) is 64.8 Å². The van der Waals surface area contributed by atoms with Crippen LogP contribution in [-0.2, 0) is 4.74 Å². The molecule has 0 bridgehead atoms. The van der Waals surface area contributed by atoms with E-state index in [-0.39, 0.29) is 24.0 Å². The molecule has 2 saturated heterocycles. The van der Waals surface area contributed by atoms with Crippen LogP contribution in [0.25, 0.3) is 0 Å². The van der Waals surface area contributed by atoms with Crippen molar-refractivity contribution in [3.05, 3.63) is 11.6 Å². The highest BCUT2D eigenvalue weighted by Crippen LogP contribution is 2.21. The molecule has 3 heterocycles. The number of nitrogens with zero attached hydrogens (tertiary/aromatic N) is 4. The third kappa shape index (κ3) is 8.04. The van der Waals surface area contributed by atoms with E-state index in [1.54, 1.807) is 11.3 Å². The summed E-state index contributed by atoms with van der Waals surface area (Å²) < 4.78 is 6.62. The number of morpholine rings is 1. The SMILES string of the molecule is CCNC(=NCCCSc1nccs1)N1CCC(CN2CCOCC2)C1.I. The molecule has 0 spiro atoms. The van der Waals surface area contributed by atoms with Crippen LogP contribution in [0.3, 0.4) is 0 Å². The van der Waals surface area contributed by atoms with E-state index in [0.29, 0.717) is 0 Å². The van der Waals surface area contributed by atoms with Crippen molar-refractivity contribution in [2.45, 2.75) is 24.1 Å². The Balaban J connectivity index is 0.00000261. The van der Waals surface area contributed by atoms with Gasteiger partial charge >= 0.3 is 0 Å². The molecule has 6 nitrogen and oxygen atoms in total. The lowest BCUT2D eigenvalue weighted by Gasteiger charge is -2.29. The van der Waals surface area contributed by atoms with Crippen LogP contribution >= 0.6 is 47.1 Å². The minimum atomic E-state index is 0. The topological polar surface area (TPSA) is 53.0 Å². The lowest BCUT2D eigenvalue weighted by atomic mass is 10.1. The maximum atomic E-state index is 5.46. The van der Waals surface area contributed by atoms with E-state index < -0.39 is 0 Å². The molecule has 1 aromatic rings. The number of guanidine groups is 1. The van der Waals surface area contributed by atoms with Gasteiger partial charge in [-0.1, -0.05) is 11.8 Å². The van der Waals surface area contributed by atoms with E-state index in [1.807, 2.05) is 23.3 Å². The van der Waals surface area contributed by atoms with E-state index in [2.05, 4.69) is 27.0 Å². The largest absolute Gasteiger partial charge is 0.379 e. The normalized spacial score (nSPS) is 21.3. The van der Waals surface area contributed by atoms with E-state index in [1.165, 1.54) is 13.0 Å². The van der Waals surface area contributed by atoms with Crippen LogP contribution in [0, 0.1) is 5.92 Å². The van der Waals surface area contributed by atoms with Gasteiger partial charge in [0, 0.05) is 63.1 Å². The fraction of sp³-hybridized carbons (Fsp3) is 0.778. The Hall–Kier alpha value is -0.100. The first-order valence-electron chi connectivity index (χ1n) is 9.71. The molecular formula is C18H32IN5OS2. The highest BCUT2D eigenvalue weighted by molar-refractivity contribution is 14.0. The Bertz CT molecular complexity index is 540. The average Bonchev–Trinajstić information content (AvgIpc) is 3.33. The first-order chi connectivity index (χ1) is 12.8. The number of ether oxygens (including phenoxy) is 1. The van der Waals surface area contributed by atoms with E-state index in [4.69, 9.17) is 9.73 Å². The zero-order valence-corrected chi connectivity index (χ0v) is 20.1. The Morgan fingerprint density at radius 3 is 3.00 bits per heavy atom. The third-order valence-electron chi connectivity index (χ3n) is 4.74. The number of halogens is 1. The van der Waals surface area contributed by atoms with Crippen LogP contribution in [0.4, 0.5) is 0 Å². The molecule has 0 aromatic carbocycles. The summed E-state index contributed by atoms with van der Waals surface area (Å²) in [6, 6.07) is 0. The Morgan fingerprint density at radius 2 is 2.26 bits per heavy atom. The first kappa shape index (κ1) is 23.2. The molecule has 1 aromatic heterocycles. The van der Waals surface area contributed by atoms with Gasteiger partial charge in [-0.3, -0.25) is 9.89 Å². The van der Waals surface area contributed by atoms with Gasteiger partial charge in [-0.25, -0.2) is 4.98 Å². The molecule has 3 rings (SSSR count). The third-order valence-corrected chi connectivity index (χ3v) is 6.79. The van der Waals surface area contributed by atoms with Gasteiger partial charge in [-0.05, 0) is 25.7 Å². The summed E-state index contributed by atoms with van der Waals surface area (Å²) >= 11 is 3.55. The van der Waals surface area contributed by atoms with Gasteiger partial charge in [0.25, 0.3) is 0 Å². The van der Waals surface area contributed by atoms with Crippen molar-refractivity contribution in [3.8, 4) is 0 Å². The van der Waals surface area contributed by atoms with Crippen molar-refractivity contribution in [2.24, 2.45) is 10.9 Å². The lowest BCUT2D eigenvalue weighted by Crippen LogP contribution is -2.42. The summed E-state index contributed by atoms with van der Waals surface area (Å²) in [6.45, 7) is 11.3. The van der Waals surface area contributed by atoms with Crippen molar-refractivity contribution < 1.29 is 4.74 Å². The Labute approximate surface area is 188 Å². The zero-order chi connectivity index (χ0) is 18.0. The first-order valence-corrected chi connectivity index (χ1v) is 11.6. The second-order valence-electron chi connectivity index (χ2n) is 6.75. The number of aliphatic imine (C=N–C) groups is 1.